The van der Waals surface area contributed by atoms with Crippen molar-refractivity contribution in [3.05, 3.63) is 0 Å². The molecule has 82 valence electrons. The minimum absolute atomic E-state index is 0.0551. The van der Waals surface area contributed by atoms with Crippen LogP contribution in [0.1, 0.15) is 20.3 Å². The van der Waals surface area contributed by atoms with Crippen LogP contribution in [0.3, 0.4) is 0 Å². The summed E-state index contributed by atoms with van der Waals surface area (Å²) in [5, 5.41) is 5.38. The summed E-state index contributed by atoms with van der Waals surface area (Å²) in [6.07, 6.45) is 0.977. The van der Waals surface area contributed by atoms with Crippen LogP contribution in [0.5, 0.6) is 0 Å². The molecule has 0 aliphatic rings. The molecule has 0 saturated carbocycles. The Hall–Kier alpha value is -1.10. The number of esters is 1. The molecule has 0 heterocycles. The molecule has 0 aliphatic carbocycles. The van der Waals surface area contributed by atoms with Gasteiger partial charge in [0.15, 0.2) is 0 Å². The molecule has 5 heteroatoms. The number of carbonyl (C=O) groups excluding carboxylic acids is 2. The van der Waals surface area contributed by atoms with Gasteiger partial charge >= 0.3 is 5.97 Å². The SMILES string of the molecule is CCCNCC(=O)NCC(=O)OCC. The van der Waals surface area contributed by atoms with Crippen molar-refractivity contribution in [3.8, 4) is 0 Å². The molecule has 1 amide bonds. The summed E-state index contributed by atoms with van der Waals surface area (Å²) in [5.74, 6) is -0.595. The standard InChI is InChI=1S/C9H18N2O3/c1-3-5-10-6-8(12)11-7-9(13)14-4-2/h10H,3-7H2,1-2H3,(H,11,12). The Morgan fingerprint density at radius 2 is 1.93 bits per heavy atom. The molecular weight excluding hydrogens is 184 g/mol. The highest BCUT2D eigenvalue weighted by molar-refractivity contribution is 5.83. The van der Waals surface area contributed by atoms with E-state index in [-0.39, 0.29) is 19.0 Å². The zero-order valence-corrected chi connectivity index (χ0v) is 8.76. The van der Waals surface area contributed by atoms with E-state index in [0.717, 1.165) is 13.0 Å². The van der Waals surface area contributed by atoms with Crippen molar-refractivity contribution in [1.29, 1.82) is 0 Å². The number of carbonyl (C=O) groups is 2. The van der Waals surface area contributed by atoms with Crippen LogP contribution < -0.4 is 10.6 Å². The number of rotatable bonds is 7. The molecule has 0 saturated heterocycles. The van der Waals surface area contributed by atoms with Gasteiger partial charge < -0.3 is 15.4 Å². The van der Waals surface area contributed by atoms with Crippen molar-refractivity contribution in [3.63, 3.8) is 0 Å². The average molecular weight is 202 g/mol. The predicted molar refractivity (Wildman–Crippen MR) is 52.8 cm³/mol. The molecule has 0 unspecified atom stereocenters. The van der Waals surface area contributed by atoms with Gasteiger partial charge in [-0.25, -0.2) is 0 Å². The fourth-order valence-electron chi connectivity index (χ4n) is 0.824. The Balaban J connectivity index is 3.39. The van der Waals surface area contributed by atoms with Gasteiger partial charge in [0.25, 0.3) is 0 Å². The fourth-order valence-corrected chi connectivity index (χ4v) is 0.824. The normalized spacial score (nSPS) is 9.57. The Labute approximate surface area is 84.2 Å². The molecule has 0 spiro atoms. The number of nitrogens with one attached hydrogen (secondary N) is 2. The van der Waals surface area contributed by atoms with Crippen molar-refractivity contribution < 1.29 is 14.3 Å². The van der Waals surface area contributed by atoms with Gasteiger partial charge in [-0.2, -0.15) is 0 Å². The number of ether oxygens (including phenoxy) is 1. The lowest BCUT2D eigenvalue weighted by Gasteiger charge is -2.05. The molecule has 0 aromatic rings. The van der Waals surface area contributed by atoms with Crippen LogP contribution in [0.4, 0.5) is 0 Å². The lowest BCUT2D eigenvalue weighted by atomic mass is 10.4. The summed E-state index contributed by atoms with van der Waals surface area (Å²) in [7, 11) is 0. The van der Waals surface area contributed by atoms with E-state index in [9.17, 15) is 9.59 Å². The predicted octanol–water partition coefficient (Wildman–Crippen LogP) is -0.335. The number of hydrogen-bond donors (Lipinski definition) is 2. The van der Waals surface area contributed by atoms with Crippen molar-refractivity contribution >= 4 is 11.9 Å². The zero-order chi connectivity index (χ0) is 10.8. The van der Waals surface area contributed by atoms with E-state index in [2.05, 4.69) is 15.4 Å². The fraction of sp³-hybridized carbons (Fsp3) is 0.778. The molecule has 5 nitrogen and oxygen atoms in total. The van der Waals surface area contributed by atoms with E-state index in [4.69, 9.17) is 0 Å². The molecule has 0 atom stereocenters. The first-order chi connectivity index (χ1) is 6.70. The molecule has 0 radical (unpaired) electrons. The highest BCUT2D eigenvalue weighted by atomic mass is 16.5. The maximum Gasteiger partial charge on any atom is 0.325 e. The van der Waals surface area contributed by atoms with Gasteiger partial charge in [-0.15, -0.1) is 0 Å². The van der Waals surface area contributed by atoms with E-state index in [0.29, 0.717) is 6.61 Å². The van der Waals surface area contributed by atoms with Crippen LogP contribution in [0.15, 0.2) is 0 Å². The van der Waals surface area contributed by atoms with Gasteiger partial charge in [0.05, 0.1) is 13.2 Å². The molecule has 0 aromatic heterocycles. The topological polar surface area (TPSA) is 67.4 Å². The monoisotopic (exact) mass is 202 g/mol. The minimum atomic E-state index is -0.406. The zero-order valence-electron chi connectivity index (χ0n) is 8.76. The molecule has 0 aromatic carbocycles. The molecular formula is C9H18N2O3. The second kappa shape index (κ2) is 8.50. The van der Waals surface area contributed by atoms with Crippen molar-refractivity contribution in [2.24, 2.45) is 0 Å². The second-order valence-corrected chi connectivity index (χ2v) is 2.76. The minimum Gasteiger partial charge on any atom is -0.465 e. The largest absolute Gasteiger partial charge is 0.465 e. The smallest absolute Gasteiger partial charge is 0.325 e. The Bertz CT molecular complexity index is 183. The number of hydrogen-bond acceptors (Lipinski definition) is 4. The summed E-state index contributed by atoms with van der Waals surface area (Å²) in [6.45, 7) is 5.06. The summed E-state index contributed by atoms with van der Waals surface area (Å²) < 4.78 is 4.64. The van der Waals surface area contributed by atoms with Crippen LogP contribution in [-0.4, -0.2) is 38.1 Å². The average Bonchev–Trinajstić information content (AvgIpc) is 2.16. The maximum atomic E-state index is 11.0. The first-order valence-corrected chi connectivity index (χ1v) is 4.83. The van der Waals surface area contributed by atoms with E-state index >= 15 is 0 Å². The summed E-state index contributed by atoms with van der Waals surface area (Å²) >= 11 is 0. The lowest BCUT2D eigenvalue weighted by molar-refractivity contribution is -0.143. The van der Waals surface area contributed by atoms with Crippen molar-refractivity contribution in [1.82, 2.24) is 10.6 Å². The van der Waals surface area contributed by atoms with Gasteiger partial charge in [0.1, 0.15) is 6.54 Å². The van der Waals surface area contributed by atoms with E-state index < -0.39 is 5.97 Å². The molecule has 0 aliphatic heterocycles. The summed E-state index contributed by atoms with van der Waals surface area (Å²) in [4.78, 5) is 21.9. The third kappa shape index (κ3) is 7.54. The van der Waals surface area contributed by atoms with E-state index in [1.54, 1.807) is 6.92 Å². The lowest BCUT2D eigenvalue weighted by Crippen LogP contribution is -2.37. The van der Waals surface area contributed by atoms with E-state index in [1.165, 1.54) is 0 Å². The summed E-state index contributed by atoms with van der Waals surface area (Å²) in [5.41, 5.74) is 0. The van der Waals surface area contributed by atoms with Crippen LogP contribution >= 0.6 is 0 Å². The highest BCUT2D eigenvalue weighted by Gasteiger charge is 2.04. The van der Waals surface area contributed by atoms with Crippen molar-refractivity contribution in [2.75, 3.05) is 26.2 Å². The molecule has 0 bridgehead atoms. The highest BCUT2D eigenvalue weighted by Crippen LogP contribution is 1.75. The molecule has 0 rings (SSSR count). The Morgan fingerprint density at radius 3 is 2.50 bits per heavy atom. The molecule has 14 heavy (non-hydrogen) atoms. The van der Waals surface area contributed by atoms with Gasteiger partial charge in [0, 0.05) is 0 Å². The van der Waals surface area contributed by atoms with Crippen LogP contribution in [0.25, 0.3) is 0 Å². The molecule has 0 fully saturated rings. The third-order valence-electron chi connectivity index (χ3n) is 1.45. The Morgan fingerprint density at radius 1 is 1.21 bits per heavy atom. The molecule has 2 N–H and O–H groups in total. The first-order valence-electron chi connectivity index (χ1n) is 4.83. The van der Waals surface area contributed by atoms with Crippen molar-refractivity contribution in [2.45, 2.75) is 20.3 Å². The van der Waals surface area contributed by atoms with E-state index in [1.807, 2.05) is 6.92 Å². The van der Waals surface area contributed by atoms with Crippen LogP contribution in [-0.2, 0) is 14.3 Å². The van der Waals surface area contributed by atoms with Crippen LogP contribution in [0.2, 0.25) is 0 Å². The van der Waals surface area contributed by atoms with Gasteiger partial charge in [-0.1, -0.05) is 6.92 Å². The van der Waals surface area contributed by atoms with Gasteiger partial charge in [-0.3, -0.25) is 9.59 Å². The van der Waals surface area contributed by atoms with Gasteiger partial charge in [0.2, 0.25) is 5.91 Å². The number of amides is 1. The third-order valence-corrected chi connectivity index (χ3v) is 1.45. The second-order valence-electron chi connectivity index (χ2n) is 2.76. The maximum absolute atomic E-state index is 11.0. The first kappa shape index (κ1) is 12.9. The van der Waals surface area contributed by atoms with Crippen LogP contribution in [0, 0.1) is 0 Å². The van der Waals surface area contributed by atoms with Gasteiger partial charge in [-0.05, 0) is 19.9 Å². The quantitative estimate of drug-likeness (QED) is 0.438. The summed E-state index contributed by atoms with van der Waals surface area (Å²) in [6, 6.07) is 0. The Kier molecular flexibility index (Phi) is 7.83.